The summed E-state index contributed by atoms with van der Waals surface area (Å²) in [4.78, 5) is 83.0. The Hall–Kier alpha value is -3.66. The molecule has 0 saturated carbocycles. The second kappa shape index (κ2) is 10.2. The van der Waals surface area contributed by atoms with Gasteiger partial charge in [-0.2, -0.15) is 0 Å². The number of imidazole rings is 2. The van der Waals surface area contributed by atoms with Crippen molar-refractivity contribution in [1.29, 1.82) is 0 Å². The van der Waals surface area contributed by atoms with Crippen molar-refractivity contribution in [2.45, 2.75) is 37.2 Å². The Morgan fingerprint density at radius 2 is 0.974 bits per heavy atom. The zero-order chi connectivity index (χ0) is 28.0. The molecule has 38 heavy (non-hydrogen) atoms. The summed E-state index contributed by atoms with van der Waals surface area (Å²) in [6.07, 6.45) is 0. The maximum atomic E-state index is 12.9. The van der Waals surface area contributed by atoms with Crippen LogP contribution >= 0.6 is 23.5 Å². The molecule has 0 unspecified atom stereocenters. The standard InChI is InChI=1S/C22H26N8O6S2/c1-11(31)9-29-17(33)13-15(27(5)21(29)35)23-19(25(13)3)37-7-8-38-20-24-16-14(26(20)4)18(34)30(10-12(2)32)22(36)28(16)6/h7-10H2,1-6H3. The lowest BCUT2D eigenvalue weighted by atomic mass is 10.4. The van der Waals surface area contributed by atoms with Gasteiger partial charge in [0.25, 0.3) is 11.1 Å². The van der Waals surface area contributed by atoms with E-state index in [1.807, 2.05) is 0 Å². The fourth-order valence-electron chi connectivity index (χ4n) is 4.10. The van der Waals surface area contributed by atoms with Crippen LogP contribution < -0.4 is 22.5 Å². The lowest BCUT2D eigenvalue weighted by molar-refractivity contribution is -0.118. The lowest BCUT2D eigenvalue weighted by Gasteiger charge is -2.07. The van der Waals surface area contributed by atoms with Crippen LogP contribution in [0.4, 0.5) is 0 Å². The van der Waals surface area contributed by atoms with E-state index in [2.05, 4.69) is 9.97 Å². The molecule has 0 radical (unpaired) electrons. The smallest absolute Gasteiger partial charge is 0.316 e. The summed E-state index contributed by atoms with van der Waals surface area (Å²) in [6.45, 7) is 2.00. The first-order chi connectivity index (χ1) is 17.8. The molecule has 0 amide bonds. The molecular weight excluding hydrogens is 536 g/mol. The SMILES string of the molecule is CC(=O)Cn1c(=O)c2c(nc(SCCSc3nc4c(c(=O)n(CC(C)=O)c(=O)n4C)n3C)n2C)n(C)c1=O. The van der Waals surface area contributed by atoms with Gasteiger partial charge >= 0.3 is 11.4 Å². The number of hydrogen-bond acceptors (Lipinski definition) is 10. The molecule has 0 aliphatic rings. The molecule has 4 aromatic rings. The van der Waals surface area contributed by atoms with Gasteiger partial charge in [-0.25, -0.2) is 19.6 Å². The van der Waals surface area contributed by atoms with Gasteiger partial charge in [-0.3, -0.25) is 37.4 Å². The number of hydrogen-bond donors (Lipinski definition) is 0. The first-order valence-electron chi connectivity index (χ1n) is 11.4. The highest BCUT2D eigenvalue weighted by Crippen LogP contribution is 2.25. The number of aryl methyl sites for hydroxylation is 4. The van der Waals surface area contributed by atoms with E-state index in [1.54, 1.807) is 23.2 Å². The van der Waals surface area contributed by atoms with E-state index in [0.29, 0.717) is 21.8 Å². The fraction of sp³-hybridized carbons (Fsp3) is 0.455. The van der Waals surface area contributed by atoms with Crippen molar-refractivity contribution in [3.8, 4) is 0 Å². The number of ketones is 2. The third-order valence-corrected chi connectivity index (χ3v) is 8.27. The molecule has 4 heterocycles. The molecule has 14 nitrogen and oxygen atoms in total. The molecule has 4 rings (SSSR count). The van der Waals surface area contributed by atoms with E-state index in [9.17, 15) is 28.8 Å². The van der Waals surface area contributed by atoms with Crippen molar-refractivity contribution in [3.05, 3.63) is 41.7 Å². The van der Waals surface area contributed by atoms with Gasteiger partial charge in [0, 0.05) is 39.7 Å². The van der Waals surface area contributed by atoms with Crippen LogP contribution in [0.5, 0.6) is 0 Å². The van der Waals surface area contributed by atoms with Crippen molar-refractivity contribution in [2.24, 2.45) is 28.2 Å². The van der Waals surface area contributed by atoms with E-state index in [0.717, 1.165) is 9.13 Å². The van der Waals surface area contributed by atoms with Gasteiger partial charge in [-0.15, -0.1) is 0 Å². The molecule has 0 spiro atoms. The van der Waals surface area contributed by atoms with Crippen molar-refractivity contribution in [2.75, 3.05) is 11.5 Å². The molecule has 202 valence electrons. The maximum Gasteiger partial charge on any atom is 0.332 e. The average molecular weight is 563 g/mol. The molecule has 0 aliphatic heterocycles. The average Bonchev–Trinajstić information content (AvgIpc) is 3.36. The second-order valence-electron chi connectivity index (χ2n) is 8.82. The summed E-state index contributed by atoms with van der Waals surface area (Å²) >= 11 is 2.74. The molecular formula is C22H26N8O6S2. The molecule has 4 aromatic heterocycles. The number of carbonyl (C=O) groups excluding carboxylic acids is 2. The molecule has 0 fully saturated rings. The van der Waals surface area contributed by atoms with Gasteiger partial charge < -0.3 is 9.13 Å². The van der Waals surface area contributed by atoms with Crippen molar-refractivity contribution < 1.29 is 9.59 Å². The molecule has 0 aromatic carbocycles. The number of aromatic nitrogens is 8. The highest BCUT2D eigenvalue weighted by atomic mass is 32.2. The predicted octanol–water partition coefficient (Wildman–Crippen LogP) is -0.757. The van der Waals surface area contributed by atoms with Crippen LogP contribution in [0.25, 0.3) is 22.3 Å². The number of thioether (sulfide) groups is 2. The fourth-order valence-corrected chi connectivity index (χ4v) is 6.00. The third kappa shape index (κ3) is 4.57. The number of Topliss-reactive ketones (excluding diaryl/α,β-unsaturated/α-hetero) is 2. The molecule has 0 N–H and O–H groups in total. The summed E-state index contributed by atoms with van der Waals surface area (Å²) in [7, 11) is 6.35. The zero-order valence-corrected chi connectivity index (χ0v) is 23.3. The molecule has 16 heteroatoms. The number of nitrogens with zero attached hydrogens (tertiary/aromatic N) is 8. The Kier molecular flexibility index (Phi) is 7.38. The first-order valence-corrected chi connectivity index (χ1v) is 13.4. The van der Waals surface area contributed by atoms with Crippen LogP contribution in [0.15, 0.2) is 29.5 Å². The van der Waals surface area contributed by atoms with E-state index >= 15 is 0 Å². The minimum absolute atomic E-state index is 0.224. The number of rotatable bonds is 9. The third-order valence-electron chi connectivity index (χ3n) is 5.95. The molecule has 0 bridgehead atoms. The highest BCUT2D eigenvalue weighted by molar-refractivity contribution is 8.02. The molecule has 0 aliphatic carbocycles. The van der Waals surface area contributed by atoms with Gasteiger partial charge in [-0.1, -0.05) is 23.5 Å². The second-order valence-corrected chi connectivity index (χ2v) is 10.9. The van der Waals surface area contributed by atoms with Gasteiger partial charge in [0.15, 0.2) is 32.6 Å². The minimum Gasteiger partial charge on any atom is -0.316 e. The first kappa shape index (κ1) is 27.4. The Morgan fingerprint density at radius 3 is 1.29 bits per heavy atom. The maximum absolute atomic E-state index is 12.9. The van der Waals surface area contributed by atoms with E-state index < -0.39 is 22.5 Å². The van der Waals surface area contributed by atoms with Gasteiger partial charge in [0.2, 0.25) is 0 Å². The Bertz CT molecular complexity index is 1730. The zero-order valence-electron chi connectivity index (χ0n) is 21.7. The predicted molar refractivity (Wildman–Crippen MR) is 143 cm³/mol. The van der Waals surface area contributed by atoms with Crippen molar-refractivity contribution in [1.82, 2.24) is 37.4 Å². The van der Waals surface area contributed by atoms with Gasteiger partial charge in [0.1, 0.15) is 11.6 Å². The lowest BCUT2D eigenvalue weighted by Crippen LogP contribution is -2.40. The molecule has 0 atom stereocenters. The van der Waals surface area contributed by atoms with E-state index in [-0.39, 0.29) is 47.0 Å². The summed E-state index contributed by atoms with van der Waals surface area (Å²) in [5.74, 6) is 0.483. The van der Waals surface area contributed by atoms with E-state index in [4.69, 9.17) is 0 Å². The van der Waals surface area contributed by atoms with Crippen LogP contribution in [-0.4, -0.2) is 60.4 Å². The quantitative estimate of drug-likeness (QED) is 0.188. The summed E-state index contributed by atoms with van der Waals surface area (Å²) in [5.41, 5.74) is -1.46. The summed E-state index contributed by atoms with van der Waals surface area (Å²) < 4.78 is 7.51. The van der Waals surface area contributed by atoms with Crippen LogP contribution in [0, 0.1) is 0 Å². The highest BCUT2D eigenvalue weighted by Gasteiger charge is 2.21. The number of fused-ring (bicyclic) bond motifs is 2. The van der Waals surface area contributed by atoms with Crippen LogP contribution in [0.1, 0.15) is 13.8 Å². The van der Waals surface area contributed by atoms with E-state index in [1.165, 1.54) is 60.6 Å². The topological polar surface area (TPSA) is 158 Å². The summed E-state index contributed by atoms with van der Waals surface area (Å²) in [6, 6.07) is 0. The Labute approximate surface area is 222 Å². The van der Waals surface area contributed by atoms with Crippen molar-refractivity contribution >= 4 is 57.4 Å². The van der Waals surface area contributed by atoms with Gasteiger partial charge in [0.05, 0.1) is 13.1 Å². The molecule has 0 saturated heterocycles. The van der Waals surface area contributed by atoms with Crippen molar-refractivity contribution in [3.63, 3.8) is 0 Å². The number of carbonyl (C=O) groups is 2. The Balaban J connectivity index is 1.58. The van der Waals surface area contributed by atoms with Crippen LogP contribution in [0.2, 0.25) is 0 Å². The monoisotopic (exact) mass is 562 g/mol. The van der Waals surface area contributed by atoms with Gasteiger partial charge in [-0.05, 0) is 13.8 Å². The largest absolute Gasteiger partial charge is 0.332 e. The minimum atomic E-state index is -0.610. The van der Waals surface area contributed by atoms with Crippen LogP contribution in [0.3, 0.4) is 0 Å². The summed E-state index contributed by atoms with van der Waals surface area (Å²) in [5, 5.41) is 1.04. The normalized spacial score (nSPS) is 11.6. The Morgan fingerprint density at radius 1 is 0.632 bits per heavy atom. The van der Waals surface area contributed by atoms with Crippen LogP contribution in [-0.2, 0) is 50.9 Å².